The van der Waals surface area contributed by atoms with Gasteiger partial charge in [0.15, 0.2) is 0 Å². The molecule has 1 aliphatic heterocycles. The lowest BCUT2D eigenvalue weighted by atomic mass is 10.2. The van der Waals surface area contributed by atoms with E-state index in [-0.39, 0.29) is 30.5 Å². The highest BCUT2D eigenvalue weighted by atomic mass is 16.5. The largest absolute Gasteiger partial charge is 0.469 e. The Morgan fingerprint density at radius 1 is 1.47 bits per heavy atom. The monoisotopic (exact) mass is 215 g/mol. The molecule has 0 aromatic carbocycles. The first-order valence-corrected chi connectivity index (χ1v) is 5.13. The molecule has 1 N–H and O–H groups in total. The number of rotatable bonds is 4. The summed E-state index contributed by atoms with van der Waals surface area (Å²) < 4.78 is 9.83. The van der Waals surface area contributed by atoms with Crippen LogP contribution in [0.3, 0.4) is 0 Å². The summed E-state index contributed by atoms with van der Waals surface area (Å²) >= 11 is 0. The number of carbonyl (C=O) groups is 2. The summed E-state index contributed by atoms with van der Waals surface area (Å²) in [5.41, 5.74) is 0. The van der Waals surface area contributed by atoms with Gasteiger partial charge in [-0.1, -0.05) is 0 Å². The maximum absolute atomic E-state index is 11.5. The highest BCUT2D eigenvalue weighted by molar-refractivity contribution is 5.81. The van der Waals surface area contributed by atoms with Crippen molar-refractivity contribution in [2.75, 3.05) is 13.7 Å². The van der Waals surface area contributed by atoms with Crippen molar-refractivity contribution in [3.8, 4) is 0 Å². The first-order valence-electron chi connectivity index (χ1n) is 5.13. The van der Waals surface area contributed by atoms with Crippen molar-refractivity contribution in [2.45, 2.75) is 38.4 Å². The van der Waals surface area contributed by atoms with Crippen LogP contribution in [0.4, 0.5) is 0 Å². The molecule has 0 saturated carbocycles. The van der Waals surface area contributed by atoms with Crippen LogP contribution in [0.25, 0.3) is 0 Å². The number of amides is 1. The number of esters is 1. The van der Waals surface area contributed by atoms with Gasteiger partial charge in [0, 0.05) is 6.54 Å². The fraction of sp³-hybridized carbons (Fsp3) is 0.800. The van der Waals surface area contributed by atoms with Crippen molar-refractivity contribution in [3.05, 3.63) is 0 Å². The molecule has 1 heterocycles. The van der Waals surface area contributed by atoms with Gasteiger partial charge in [-0.2, -0.15) is 0 Å². The average molecular weight is 215 g/mol. The van der Waals surface area contributed by atoms with Crippen LogP contribution in [0.5, 0.6) is 0 Å². The number of carbonyl (C=O) groups excluding carboxylic acids is 2. The van der Waals surface area contributed by atoms with Crippen LogP contribution in [-0.2, 0) is 19.1 Å². The van der Waals surface area contributed by atoms with Crippen molar-refractivity contribution < 1.29 is 19.1 Å². The molecule has 86 valence electrons. The lowest BCUT2D eigenvalue weighted by Gasteiger charge is -2.10. The van der Waals surface area contributed by atoms with Crippen LogP contribution < -0.4 is 5.32 Å². The molecule has 0 aromatic heterocycles. The molecule has 1 fully saturated rings. The van der Waals surface area contributed by atoms with Crippen LogP contribution >= 0.6 is 0 Å². The minimum atomic E-state index is -0.349. The van der Waals surface area contributed by atoms with Gasteiger partial charge in [0.05, 0.1) is 19.6 Å². The van der Waals surface area contributed by atoms with E-state index in [0.717, 1.165) is 12.8 Å². The molecule has 5 heteroatoms. The molecule has 15 heavy (non-hydrogen) atoms. The molecule has 0 aliphatic carbocycles. The van der Waals surface area contributed by atoms with Gasteiger partial charge in [0.2, 0.25) is 5.91 Å². The zero-order valence-corrected chi connectivity index (χ0v) is 9.12. The minimum absolute atomic E-state index is 0.136. The van der Waals surface area contributed by atoms with E-state index in [1.807, 2.05) is 6.92 Å². The summed E-state index contributed by atoms with van der Waals surface area (Å²) in [6, 6.07) is 0. The molecule has 2 atom stereocenters. The summed E-state index contributed by atoms with van der Waals surface area (Å²) in [5, 5.41) is 2.65. The summed E-state index contributed by atoms with van der Waals surface area (Å²) in [5.74, 6) is -0.459. The second kappa shape index (κ2) is 5.70. The zero-order valence-electron chi connectivity index (χ0n) is 9.12. The van der Waals surface area contributed by atoms with Crippen LogP contribution in [0, 0.1) is 0 Å². The molecule has 1 aliphatic rings. The topological polar surface area (TPSA) is 64.6 Å². The fourth-order valence-electron chi connectivity index (χ4n) is 1.50. The first-order chi connectivity index (χ1) is 7.13. The van der Waals surface area contributed by atoms with E-state index in [2.05, 4.69) is 10.1 Å². The van der Waals surface area contributed by atoms with Gasteiger partial charge in [-0.25, -0.2) is 0 Å². The third-order valence-electron chi connectivity index (χ3n) is 2.38. The highest BCUT2D eigenvalue weighted by Crippen LogP contribution is 2.18. The normalized spacial score (nSPS) is 24.9. The Bertz CT molecular complexity index is 242. The minimum Gasteiger partial charge on any atom is -0.469 e. The van der Waals surface area contributed by atoms with Gasteiger partial charge in [-0.3, -0.25) is 9.59 Å². The Morgan fingerprint density at radius 3 is 2.73 bits per heavy atom. The third-order valence-corrected chi connectivity index (χ3v) is 2.38. The third kappa shape index (κ3) is 3.87. The number of hydrogen-bond donors (Lipinski definition) is 1. The predicted octanol–water partition coefficient (Wildman–Crippen LogP) is 0.233. The maximum Gasteiger partial charge on any atom is 0.307 e. The standard InChI is InChI=1S/C10H17NO4/c1-7-3-4-8(15-7)10(13)11-6-5-9(12)14-2/h7-8H,3-6H2,1-2H3,(H,11,13). The summed E-state index contributed by atoms with van der Waals surface area (Å²) in [6.45, 7) is 2.25. The summed E-state index contributed by atoms with van der Waals surface area (Å²) in [4.78, 5) is 22.2. The molecule has 0 radical (unpaired) electrons. The first kappa shape index (κ1) is 12.0. The van der Waals surface area contributed by atoms with Gasteiger partial charge in [-0.05, 0) is 19.8 Å². The molecule has 0 aromatic rings. The van der Waals surface area contributed by atoms with E-state index in [1.54, 1.807) is 0 Å². The molecular weight excluding hydrogens is 198 g/mol. The average Bonchev–Trinajstić information content (AvgIpc) is 2.64. The summed E-state index contributed by atoms with van der Waals surface area (Å²) in [6.07, 6.45) is 1.67. The smallest absolute Gasteiger partial charge is 0.307 e. The number of hydrogen-bond acceptors (Lipinski definition) is 4. The molecule has 1 saturated heterocycles. The van der Waals surface area contributed by atoms with Gasteiger partial charge < -0.3 is 14.8 Å². The van der Waals surface area contributed by atoms with Crippen LogP contribution in [0.2, 0.25) is 0 Å². The number of nitrogens with one attached hydrogen (secondary N) is 1. The van der Waals surface area contributed by atoms with Gasteiger partial charge in [0.1, 0.15) is 6.10 Å². The van der Waals surface area contributed by atoms with Gasteiger partial charge in [-0.15, -0.1) is 0 Å². The van der Waals surface area contributed by atoms with E-state index < -0.39 is 0 Å². The maximum atomic E-state index is 11.5. The number of ether oxygens (including phenoxy) is 2. The van der Waals surface area contributed by atoms with Crippen LogP contribution in [0.15, 0.2) is 0 Å². The van der Waals surface area contributed by atoms with Crippen LogP contribution in [0.1, 0.15) is 26.2 Å². The Labute approximate surface area is 89.1 Å². The van der Waals surface area contributed by atoms with E-state index in [0.29, 0.717) is 6.54 Å². The molecule has 2 unspecified atom stereocenters. The van der Waals surface area contributed by atoms with Crippen molar-refractivity contribution in [2.24, 2.45) is 0 Å². The summed E-state index contributed by atoms with van der Waals surface area (Å²) in [7, 11) is 1.33. The Morgan fingerprint density at radius 2 is 2.20 bits per heavy atom. The Hall–Kier alpha value is -1.10. The molecule has 0 spiro atoms. The van der Waals surface area contributed by atoms with Gasteiger partial charge >= 0.3 is 5.97 Å². The van der Waals surface area contributed by atoms with Crippen molar-refractivity contribution in [1.82, 2.24) is 5.32 Å². The van der Waals surface area contributed by atoms with Gasteiger partial charge in [0.25, 0.3) is 0 Å². The van der Waals surface area contributed by atoms with E-state index in [9.17, 15) is 9.59 Å². The van der Waals surface area contributed by atoms with E-state index in [1.165, 1.54) is 7.11 Å². The fourth-order valence-corrected chi connectivity index (χ4v) is 1.50. The van der Waals surface area contributed by atoms with Crippen LogP contribution in [-0.4, -0.2) is 37.7 Å². The van der Waals surface area contributed by atoms with E-state index in [4.69, 9.17) is 4.74 Å². The Kier molecular flexibility index (Phi) is 4.55. The molecule has 1 rings (SSSR count). The molecular formula is C10H17NO4. The lowest BCUT2D eigenvalue weighted by molar-refractivity contribution is -0.140. The van der Waals surface area contributed by atoms with Crippen molar-refractivity contribution >= 4 is 11.9 Å². The molecule has 5 nitrogen and oxygen atoms in total. The second-order valence-corrected chi connectivity index (χ2v) is 3.63. The highest BCUT2D eigenvalue weighted by Gasteiger charge is 2.27. The quantitative estimate of drug-likeness (QED) is 0.682. The lowest BCUT2D eigenvalue weighted by Crippen LogP contribution is -2.35. The molecule has 0 bridgehead atoms. The molecule has 1 amide bonds. The van der Waals surface area contributed by atoms with E-state index >= 15 is 0 Å². The van der Waals surface area contributed by atoms with Crippen molar-refractivity contribution in [3.63, 3.8) is 0 Å². The second-order valence-electron chi connectivity index (χ2n) is 3.63. The predicted molar refractivity (Wildman–Crippen MR) is 53.2 cm³/mol. The zero-order chi connectivity index (χ0) is 11.3. The number of methoxy groups -OCH3 is 1. The van der Waals surface area contributed by atoms with Crippen molar-refractivity contribution in [1.29, 1.82) is 0 Å². The Balaban J connectivity index is 2.16. The SMILES string of the molecule is COC(=O)CCNC(=O)C1CCC(C)O1.